The molecule has 1 aliphatic carbocycles. The molecule has 0 bridgehead atoms. The molecule has 1 saturated carbocycles. The molecule has 0 amide bonds. The topological polar surface area (TPSA) is 23.5 Å². The van der Waals surface area contributed by atoms with Crippen LogP contribution >= 0.6 is 11.8 Å². The summed E-state index contributed by atoms with van der Waals surface area (Å²) in [5.41, 5.74) is -4.71. The molecule has 1 aliphatic heterocycles. The van der Waals surface area contributed by atoms with Gasteiger partial charge in [0.2, 0.25) is 0 Å². The van der Waals surface area contributed by atoms with Gasteiger partial charge in [-0.3, -0.25) is 4.90 Å². The lowest BCUT2D eigenvalue weighted by Gasteiger charge is -2.47. The minimum absolute atomic E-state index is 0.0120. The van der Waals surface area contributed by atoms with Gasteiger partial charge in [-0.25, -0.2) is 0 Å². The highest BCUT2D eigenvalue weighted by molar-refractivity contribution is 8.00. The summed E-state index contributed by atoms with van der Waals surface area (Å²) in [5, 5.41) is 9.91. The fourth-order valence-electron chi connectivity index (χ4n) is 2.06. The van der Waals surface area contributed by atoms with E-state index in [9.17, 15) is 18.3 Å². The van der Waals surface area contributed by atoms with Crippen LogP contribution < -0.4 is 0 Å². The number of thioether (sulfide) groups is 1. The summed E-state index contributed by atoms with van der Waals surface area (Å²) in [7, 11) is 0. The molecule has 88 valence electrons. The second-order valence-electron chi connectivity index (χ2n) is 4.38. The van der Waals surface area contributed by atoms with Gasteiger partial charge in [0.15, 0.2) is 0 Å². The van der Waals surface area contributed by atoms with E-state index >= 15 is 0 Å². The minimum Gasteiger partial charge on any atom is -0.387 e. The van der Waals surface area contributed by atoms with Crippen molar-refractivity contribution in [2.75, 3.05) is 25.4 Å². The Kier molecular flexibility index (Phi) is 2.94. The van der Waals surface area contributed by atoms with Crippen molar-refractivity contribution in [1.29, 1.82) is 0 Å². The van der Waals surface area contributed by atoms with E-state index in [1.807, 2.05) is 4.90 Å². The van der Waals surface area contributed by atoms with Crippen LogP contribution in [0.25, 0.3) is 0 Å². The molecule has 1 saturated heterocycles. The van der Waals surface area contributed by atoms with E-state index in [-0.39, 0.29) is 17.5 Å². The zero-order valence-corrected chi connectivity index (χ0v) is 9.07. The molecular weight excluding hydrogens is 227 g/mol. The molecule has 15 heavy (non-hydrogen) atoms. The molecule has 0 aromatic heterocycles. The van der Waals surface area contributed by atoms with Gasteiger partial charge in [0.25, 0.3) is 0 Å². The summed E-state index contributed by atoms with van der Waals surface area (Å²) >= 11 is 0.0120. The molecule has 2 rings (SSSR count). The van der Waals surface area contributed by atoms with Gasteiger partial charge in [0.05, 0.1) is 5.60 Å². The van der Waals surface area contributed by atoms with Crippen LogP contribution in [0.1, 0.15) is 12.8 Å². The smallest absolute Gasteiger partial charge is 0.387 e. The van der Waals surface area contributed by atoms with Gasteiger partial charge < -0.3 is 5.11 Å². The van der Waals surface area contributed by atoms with E-state index in [2.05, 4.69) is 0 Å². The largest absolute Gasteiger partial charge is 0.441 e. The molecule has 2 nitrogen and oxygen atoms in total. The third-order valence-corrected chi connectivity index (χ3v) is 3.72. The van der Waals surface area contributed by atoms with Gasteiger partial charge in [-0.05, 0) is 30.5 Å². The van der Waals surface area contributed by atoms with Crippen molar-refractivity contribution in [1.82, 2.24) is 4.90 Å². The number of rotatable bonds is 4. The normalized spacial score (nSPS) is 26.4. The van der Waals surface area contributed by atoms with Crippen molar-refractivity contribution >= 4 is 11.8 Å². The van der Waals surface area contributed by atoms with Gasteiger partial charge in [0, 0.05) is 25.4 Å². The molecule has 0 aromatic rings. The second kappa shape index (κ2) is 3.82. The number of likely N-dealkylation sites (tertiary alicyclic amines) is 1. The van der Waals surface area contributed by atoms with Crippen molar-refractivity contribution < 1.29 is 18.3 Å². The van der Waals surface area contributed by atoms with E-state index in [1.54, 1.807) is 0 Å². The van der Waals surface area contributed by atoms with Crippen molar-refractivity contribution in [2.24, 2.45) is 5.92 Å². The standard InChI is InChI=1S/C9H14F3NOS/c10-9(11,12)15-4-3-13-5-8(14,6-13)7-1-2-7/h7,14H,1-6H2. The van der Waals surface area contributed by atoms with Crippen LogP contribution in [0.4, 0.5) is 13.2 Å². The highest BCUT2D eigenvalue weighted by Gasteiger charge is 2.51. The molecule has 1 N–H and O–H groups in total. The Morgan fingerprint density at radius 3 is 2.40 bits per heavy atom. The molecule has 2 aliphatic rings. The summed E-state index contributed by atoms with van der Waals surface area (Å²) in [6.07, 6.45) is 2.14. The number of hydrogen-bond acceptors (Lipinski definition) is 3. The SMILES string of the molecule is OC1(C2CC2)CN(CCSC(F)(F)F)C1. The first-order valence-corrected chi connectivity index (χ1v) is 6.03. The average Bonchev–Trinajstić information content (AvgIpc) is 2.80. The summed E-state index contributed by atoms with van der Waals surface area (Å²) < 4.78 is 35.4. The number of halogens is 3. The number of β-amino-alcohol motifs (C(OH)–C–C–N with tert-alkyl or cyclic N) is 1. The lowest BCUT2D eigenvalue weighted by atomic mass is 9.89. The molecular formula is C9H14F3NOS. The van der Waals surface area contributed by atoms with E-state index in [0.717, 1.165) is 12.8 Å². The van der Waals surface area contributed by atoms with Crippen molar-refractivity contribution in [3.63, 3.8) is 0 Å². The Labute approximate surface area is 90.8 Å². The number of hydrogen-bond donors (Lipinski definition) is 1. The maximum atomic E-state index is 11.8. The van der Waals surface area contributed by atoms with Gasteiger partial charge in [-0.2, -0.15) is 13.2 Å². The van der Waals surface area contributed by atoms with Crippen LogP contribution in [0.5, 0.6) is 0 Å². The Bertz CT molecular complexity index is 236. The minimum atomic E-state index is -4.13. The summed E-state index contributed by atoms with van der Waals surface area (Å²) in [6, 6.07) is 0. The fourth-order valence-corrected chi connectivity index (χ4v) is 2.64. The number of nitrogens with zero attached hydrogens (tertiary/aromatic N) is 1. The highest BCUT2D eigenvalue weighted by Crippen LogP contribution is 2.44. The van der Waals surface area contributed by atoms with Gasteiger partial charge in [-0.15, -0.1) is 0 Å². The average molecular weight is 241 g/mol. The van der Waals surface area contributed by atoms with E-state index in [4.69, 9.17) is 0 Å². The third-order valence-electron chi connectivity index (χ3n) is 3.01. The molecule has 0 atom stereocenters. The Balaban J connectivity index is 1.59. The molecule has 0 aromatic carbocycles. The van der Waals surface area contributed by atoms with Gasteiger partial charge in [-0.1, -0.05) is 0 Å². The van der Waals surface area contributed by atoms with Crippen LogP contribution in [0, 0.1) is 5.92 Å². The molecule has 0 unspecified atom stereocenters. The Hall–Kier alpha value is 0.0600. The maximum Gasteiger partial charge on any atom is 0.441 e. The van der Waals surface area contributed by atoms with E-state index < -0.39 is 11.1 Å². The monoisotopic (exact) mass is 241 g/mol. The molecule has 2 fully saturated rings. The van der Waals surface area contributed by atoms with Crippen LogP contribution in [0.15, 0.2) is 0 Å². The molecule has 6 heteroatoms. The van der Waals surface area contributed by atoms with Crippen LogP contribution in [0.2, 0.25) is 0 Å². The summed E-state index contributed by atoms with van der Waals surface area (Å²) in [5.74, 6) is 0.466. The fraction of sp³-hybridized carbons (Fsp3) is 1.00. The molecule has 0 spiro atoms. The van der Waals surface area contributed by atoms with Crippen molar-refractivity contribution in [3.05, 3.63) is 0 Å². The van der Waals surface area contributed by atoms with Crippen LogP contribution in [-0.2, 0) is 0 Å². The number of aliphatic hydroxyl groups is 1. The van der Waals surface area contributed by atoms with E-state index in [1.165, 1.54) is 0 Å². The second-order valence-corrected chi connectivity index (χ2v) is 5.54. The first kappa shape index (κ1) is 11.5. The first-order valence-electron chi connectivity index (χ1n) is 5.04. The molecule has 0 radical (unpaired) electrons. The predicted molar refractivity (Wildman–Crippen MR) is 52.6 cm³/mol. The van der Waals surface area contributed by atoms with Crippen molar-refractivity contribution in [3.8, 4) is 0 Å². The molecule has 1 heterocycles. The predicted octanol–water partition coefficient (Wildman–Crippen LogP) is 1.70. The first-order chi connectivity index (χ1) is 6.89. The van der Waals surface area contributed by atoms with Gasteiger partial charge >= 0.3 is 5.51 Å². The maximum absolute atomic E-state index is 11.8. The summed E-state index contributed by atoms with van der Waals surface area (Å²) in [6.45, 7) is 1.52. The zero-order chi connectivity index (χ0) is 11.1. The lowest BCUT2D eigenvalue weighted by Crippen LogP contribution is -2.63. The lowest BCUT2D eigenvalue weighted by molar-refractivity contribution is -0.110. The quantitative estimate of drug-likeness (QED) is 0.810. The van der Waals surface area contributed by atoms with Gasteiger partial charge in [0.1, 0.15) is 0 Å². The van der Waals surface area contributed by atoms with Crippen molar-refractivity contribution in [2.45, 2.75) is 24.0 Å². The van der Waals surface area contributed by atoms with E-state index in [0.29, 0.717) is 25.6 Å². The third kappa shape index (κ3) is 3.01. The Morgan fingerprint density at radius 2 is 1.93 bits per heavy atom. The van der Waals surface area contributed by atoms with Crippen LogP contribution in [-0.4, -0.2) is 46.5 Å². The zero-order valence-electron chi connectivity index (χ0n) is 8.26. The Morgan fingerprint density at radius 1 is 1.33 bits per heavy atom. The number of alkyl halides is 3. The highest BCUT2D eigenvalue weighted by atomic mass is 32.2. The summed E-state index contributed by atoms with van der Waals surface area (Å²) in [4.78, 5) is 1.89. The van der Waals surface area contributed by atoms with Crippen LogP contribution in [0.3, 0.4) is 0 Å².